The fourth-order valence-corrected chi connectivity index (χ4v) is 3.93. The number of fused-ring (bicyclic) bond motifs is 2. The number of benzene rings is 3. The molecule has 1 heterocycles. The number of aromatic nitrogens is 1. The van der Waals surface area contributed by atoms with Crippen molar-refractivity contribution in [2.75, 3.05) is 7.11 Å². The Morgan fingerprint density at radius 2 is 1.57 bits per heavy atom. The summed E-state index contributed by atoms with van der Waals surface area (Å²) in [6, 6.07) is 22.8. The molecule has 0 aliphatic carbocycles. The molecule has 0 saturated carbocycles. The van der Waals surface area contributed by atoms with Crippen LogP contribution in [0.2, 0.25) is 0 Å². The summed E-state index contributed by atoms with van der Waals surface area (Å²) in [5.74, 6) is 0.882. The van der Waals surface area contributed by atoms with Crippen molar-refractivity contribution in [1.29, 1.82) is 0 Å². The number of pyridine rings is 1. The van der Waals surface area contributed by atoms with Gasteiger partial charge < -0.3 is 4.74 Å². The summed E-state index contributed by atoms with van der Waals surface area (Å²) in [6.07, 6.45) is 0. The smallest absolute Gasteiger partial charge is 0.132 e. The fourth-order valence-electron chi connectivity index (χ4n) is 2.99. The maximum atomic E-state index is 5.52. The number of nitrogens with zero attached hydrogens (tertiary/aromatic N) is 1. The summed E-state index contributed by atoms with van der Waals surface area (Å²) in [4.78, 5) is 4.84. The van der Waals surface area contributed by atoms with Crippen LogP contribution in [0, 0.1) is 3.57 Å². The molecule has 0 aliphatic rings. The van der Waals surface area contributed by atoms with Gasteiger partial charge in [-0.1, -0.05) is 48.5 Å². The largest absolute Gasteiger partial charge is 0.496 e. The lowest BCUT2D eigenvalue weighted by Crippen LogP contribution is -1.94. The second-order valence-corrected chi connectivity index (χ2v) is 6.42. The molecule has 0 saturated heterocycles. The van der Waals surface area contributed by atoms with Gasteiger partial charge in [0, 0.05) is 16.3 Å². The van der Waals surface area contributed by atoms with Crippen LogP contribution in [0.25, 0.3) is 32.9 Å². The lowest BCUT2D eigenvalue weighted by atomic mass is 9.96. The molecule has 0 fully saturated rings. The molecule has 0 aliphatic heterocycles. The minimum Gasteiger partial charge on any atom is -0.496 e. The minimum absolute atomic E-state index is 0.882. The van der Waals surface area contributed by atoms with E-state index < -0.39 is 0 Å². The topological polar surface area (TPSA) is 22.1 Å². The van der Waals surface area contributed by atoms with E-state index in [1.807, 2.05) is 24.3 Å². The van der Waals surface area contributed by atoms with Crippen molar-refractivity contribution < 1.29 is 4.74 Å². The molecule has 112 valence electrons. The first-order valence-corrected chi connectivity index (χ1v) is 8.48. The van der Waals surface area contributed by atoms with Gasteiger partial charge in [0.25, 0.3) is 0 Å². The SMILES string of the molecule is COc1ccc2nc3ccccc3c(-c3ccccc3)c2c1I. The van der Waals surface area contributed by atoms with Crippen LogP contribution in [0.1, 0.15) is 0 Å². The van der Waals surface area contributed by atoms with Crippen LogP contribution in [0.15, 0.2) is 66.7 Å². The Morgan fingerprint density at radius 1 is 0.826 bits per heavy atom. The molecular formula is C20H14INO. The maximum Gasteiger partial charge on any atom is 0.132 e. The van der Waals surface area contributed by atoms with Gasteiger partial charge in [0.05, 0.1) is 21.7 Å². The summed E-state index contributed by atoms with van der Waals surface area (Å²) in [5, 5.41) is 2.31. The summed E-state index contributed by atoms with van der Waals surface area (Å²) >= 11 is 2.36. The van der Waals surface area contributed by atoms with Crippen LogP contribution >= 0.6 is 22.6 Å². The molecule has 23 heavy (non-hydrogen) atoms. The predicted octanol–water partition coefficient (Wildman–Crippen LogP) is 5.67. The van der Waals surface area contributed by atoms with Gasteiger partial charge in [-0.15, -0.1) is 0 Å². The zero-order valence-corrected chi connectivity index (χ0v) is 14.7. The highest BCUT2D eigenvalue weighted by atomic mass is 127. The van der Waals surface area contributed by atoms with Crippen LogP contribution in [-0.4, -0.2) is 12.1 Å². The van der Waals surface area contributed by atoms with Gasteiger partial charge in [0.1, 0.15) is 5.75 Å². The van der Waals surface area contributed by atoms with Crippen LogP contribution in [0.3, 0.4) is 0 Å². The number of hydrogen-bond acceptors (Lipinski definition) is 2. The Balaban J connectivity index is 2.25. The lowest BCUT2D eigenvalue weighted by molar-refractivity contribution is 0.412. The molecule has 0 atom stereocenters. The van der Waals surface area contributed by atoms with Gasteiger partial charge in [-0.25, -0.2) is 4.98 Å². The van der Waals surface area contributed by atoms with Crippen molar-refractivity contribution >= 4 is 44.4 Å². The van der Waals surface area contributed by atoms with Gasteiger partial charge in [0.2, 0.25) is 0 Å². The van der Waals surface area contributed by atoms with Crippen LogP contribution < -0.4 is 4.74 Å². The van der Waals surface area contributed by atoms with E-state index in [-0.39, 0.29) is 0 Å². The van der Waals surface area contributed by atoms with Crippen molar-refractivity contribution in [2.24, 2.45) is 0 Å². The summed E-state index contributed by atoms with van der Waals surface area (Å²) < 4.78 is 6.62. The Hall–Kier alpha value is -2.14. The van der Waals surface area contributed by atoms with E-state index in [1.165, 1.54) is 11.1 Å². The monoisotopic (exact) mass is 411 g/mol. The van der Waals surface area contributed by atoms with E-state index >= 15 is 0 Å². The molecule has 0 unspecified atom stereocenters. The minimum atomic E-state index is 0.882. The first kappa shape index (κ1) is 14.5. The van der Waals surface area contributed by atoms with Gasteiger partial charge in [-0.3, -0.25) is 0 Å². The van der Waals surface area contributed by atoms with Crippen molar-refractivity contribution in [2.45, 2.75) is 0 Å². The highest BCUT2D eigenvalue weighted by Gasteiger charge is 2.15. The third-order valence-electron chi connectivity index (χ3n) is 4.03. The number of methoxy groups -OCH3 is 1. The molecule has 4 rings (SSSR count). The van der Waals surface area contributed by atoms with E-state index in [1.54, 1.807) is 7.11 Å². The van der Waals surface area contributed by atoms with Crippen molar-refractivity contribution in [1.82, 2.24) is 4.98 Å². The van der Waals surface area contributed by atoms with Crippen LogP contribution in [0.4, 0.5) is 0 Å². The van der Waals surface area contributed by atoms with E-state index in [4.69, 9.17) is 9.72 Å². The van der Waals surface area contributed by atoms with Gasteiger partial charge in [-0.2, -0.15) is 0 Å². The Labute approximate surface area is 148 Å². The van der Waals surface area contributed by atoms with E-state index in [9.17, 15) is 0 Å². The molecule has 3 aromatic carbocycles. The first-order chi connectivity index (χ1) is 11.3. The van der Waals surface area contributed by atoms with Gasteiger partial charge >= 0.3 is 0 Å². The summed E-state index contributed by atoms with van der Waals surface area (Å²) in [6.45, 7) is 0. The summed E-state index contributed by atoms with van der Waals surface area (Å²) in [5.41, 5.74) is 4.42. The molecule has 0 N–H and O–H groups in total. The van der Waals surface area contributed by atoms with Crippen molar-refractivity contribution in [3.63, 3.8) is 0 Å². The zero-order chi connectivity index (χ0) is 15.8. The average Bonchev–Trinajstić information content (AvgIpc) is 2.61. The average molecular weight is 411 g/mol. The quantitative estimate of drug-likeness (QED) is 0.313. The van der Waals surface area contributed by atoms with Crippen molar-refractivity contribution in [3.8, 4) is 16.9 Å². The fraction of sp³-hybridized carbons (Fsp3) is 0.0500. The first-order valence-electron chi connectivity index (χ1n) is 7.40. The standard InChI is InChI=1S/C20H14INO/c1-23-17-12-11-16-19(20(17)21)18(13-7-3-2-4-8-13)14-9-5-6-10-15(14)22-16/h2-12H,1H3. The third kappa shape index (κ3) is 2.36. The normalized spacial score (nSPS) is 11.0. The van der Waals surface area contributed by atoms with Gasteiger partial charge in [0.15, 0.2) is 0 Å². The predicted molar refractivity (Wildman–Crippen MR) is 104 cm³/mol. The number of hydrogen-bond donors (Lipinski definition) is 0. The van der Waals surface area contributed by atoms with E-state index in [2.05, 4.69) is 65.1 Å². The molecule has 0 bridgehead atoms. The second kappa shape index (κ2) is 5.81. The number of ether oxygens (including phenoxy) is 1. The zero-order valence-electron chi connectivity index (χ0n) is 12.6. The Morgan fingerprint density at radius 3 is 2.35 bits per heavy atom. The van der Waals surface area contributed by atoms with Crippen LogP contribution in [-0.2, 0) is 0 Å². The molecule has 0 amide bonds. The number of rotatable bonds is 2. The molecule has 2 nitrogen and oxygen atoms in total. The molecule has 1 aromatic heterocycles. The second-order valence-electron chi connectivity index (χ2n) is 5.35. The lowest BCUT2D eigenvalue weighted by Gasteiger charge is -2.14. The van der Waals surface area contributed by atoms with Gasteiger partial charge in [-0.05, 0) is 46.4 Å². The Kier molecular flexibility index (Phi) is 3.65. The molecule has 4 aromatic rings. The Bertz CT molecular complexity index is 1010. The molecule has 0 spiro atoms. The maximum absolute atomic E-state index is 5.52. The van der Waals surface area contributed by atoms with E-state index in [0.717, 1.165) is 31.1 Å². The highest BCUT2D eigenvalue weighted by Crippen LogP contribution is 2.39. The number of halogens is 1. The summed E-state index contributed by atoms with van der Waals surface area (Å²) in [7, 11) is 1.71. The molecule has 3 heteroatoms. The third-order valence-corrected chi connectivity index (χ3v) is 5.10. The highest BCUT2D eigenvalue weighted by molar-refractivity contribution is 14.1. The van der Waals surface area contributed by atoms with Crippen LogP contribution in [0.5, 0.6) is 5.75 Å². The molecular weight excluding hydrogens is 397 g/mol. The molecule has 0 radical (unpaired) electrons. The number of para-hydroxylation sites is 1. The van der Waals surface area contributed by atoms with E-state index in [0.29, 0.717) is 0 Å². The van der Waals surface area contributed by atoms with Crippen molar-refractivity contribution in [3.05, 3.63) is 70.3 Å².